The molecule has 0 bridgehead atoms. The van der Waals surface area contributed by atoms with E-state index in [1.165, 1.54) is 0 Å². The molecule has 1 aliphatic rings. The molecule has 1 N–H and O–H groups in total. The molecule has 0 radical (unpaired) electrons. The first kappa shape index (κ1) is 16.8. The van der Waals surface area contributed by atoms with Crippen LogP contribution in [0.5, 0.6) is 0 Å². The summed E-state index contributed by atoms with van der Waals surface area (Å²) in [5.74, 6) is 4.43. The van der Waals surface area contributed by atoms with Crippen molar-refractivity contribution in [1.29, 1.82) is 0 Å². The standard InChI is InChI=1S/C21H19NO3/c23-19(12-11-17-7-3-1-4-8-17)22-15-13-21(14-16-22,20(24)25)18-9-5-2-6-10-18/h1-10H,13-16H2,(H,24,25). The third-order valence-electron chi connectivity index (χ3n) is 4.73. The van der Waals surface area contributed by atoms with Gasteiger partial charge in [-0.25, -0.2) is 0 Å². The van der Waals surface area contributed by atoms with Gasteiger partial charge in [0, 0.05) is 24.6 Å². The summed E-state index contributed by atoms with van der Waals surface area (Å²) in [5.41, 5.74) is 0.659. The van der Waals surface area contributed by atoms with Gasteiger partial charge < -0.3 is 10.0 Å². The van der Waals surface area contributed by atoms with Gasteiger partial charge in [-0.2, -0.15) is 0 Å². The van der Waals surface area contributed by atoms with Gasteiger partial charge in [0.15, 0.2) is 0 Å². The topological polar surface area (TPSA) is 57.6 Å². The van der Waals surface area contributed by atoms with E-state index in [1.807, 2.05) is 60.7 Å². The number of carboxylic acid groups (broad SMARTS) is 1. The Morgan fingerprint density at radius 3 is 2.04 bits per heavy atom. The molecule has 0 aliphatic carbocycles. The maximum atomic E-state index is 12.3. The molecule has 126 valence electrons. The smallest absolute Gasteiger partial charge is 0.314 e. The van der Waals surface area contributed by atoms with E-state index in [1.54, 1.807) is 4.90 Å². The molecule has 0 spiro atoms. The summed E-state index contributed by atoms with van der Waals surface area (Å²) in [4.78, 5) is 25.9. The van der Waals surface area contributed by atoms with Crippen LogP contribution in [0.3, 0.4) is 0 Å². The second-order valence-electron chi connectivity index (χ2n) is 6.16. The van der Waals surface area contributed by atoms with E-state index >= 15 is 0 Å². The van der Waals surface area contributed by atoms with Crippen LogP contribution in [-0.2, 0) is 15.0 Å². The summed E-state index contributed by atoms with van der Waals surface area (Å²) in [6, 6.07) is 18.6. The number of amides is 1. The first-order chi connectivity index (χ1) is 12.1. The summed E-state index contributed by atoms with van der Waals surface area (Å²) in [6.07, 6.45) is 0.788. The summed E-state index contributed by atoms with van der Waals surface area (Å²) >= 11 is 0. The van der Waals surface area contributed by atoms with Gasteiger partial charge in [-0.3, -0.25) is 9.59 Å². The van der Waals surface area contributed by atoms with Crippen molar-refractivity contribution in [2.24, 2.45) is 0 Å². The largest absolute Gasteiger partial charge is 0.481 e. The van der Waals surface area contributed by atoms with E-state index in [0.717, 1.165) is 11.1 Å². The number of nitrogens with zero attached hydrogens (tertiary/aromatic N) is 1. The molecule has 2 aromatic rings. The van der Waals surface area contributed by atoms with Crippen molar-refractivity contribution in [1.82, 2.24) is 4.90 Å². The van der Waals surface area contributed by atoms with Gasteiger partial charge in [-0.15, -0.1) is 0 Å². The Balaban J connectivity index is 1.71. The summed E-state index contributed by atoms with van der Waals surface area (Å²) in [5, 5.41) is 9.79. The second-order valence-corrected chi connectivity index (χ2v) is 6.16. The molecule has 1 amide bonds. The van der Waals surface area contributed by atoms with Crippen molar-refractivity contribution >= 4 is 11.9 Å². The highest BCUT2D eigenvalue weighted by Gasteiger charge is 2.43. The monoisotopic (exact) mass is 333 g/mol. The maximum Gasteiger partial charge on any atom is 0.314 e. The number of piperidine rings is 1. The minimum absolute atomic E-state index is 0.254. The maximum absolute atomic E-state index is 12.3. The van der Waals surface area contributed by atoms with Crippen LogP contribution in [0.15, 0.2) is 60.7 Å². The van der Waals surface area contributed by atoms with E-state index in [0.29, 0.717) is 25.9 Å². The third kappa shape index (κ3) is 3.56. The minimum Gasteiger partial charge on any atom is -0.481 e. The number of carbonyl (C=O) groups excluding carboxylic acids is 1. The van der Waals surface area contributed by atoms with Crippen LogP contribution in [0.2, 0.25) is 0 Å². The molecule has 3 rings (SSSR count). The summed E-state index contributed by atoms with van der Waals surface area (Å²) in [7, 11) is 0. The average molecular weight is 333 g/mol. The number of hydrogen-bond acceptors (Lipinski definition) is 2. The van der Waals surface area contributed by atoms with E-state index < -0.39 is 11.4 Å². The quantitative estimate of drug-likeness (QED) is 0.860. The molecule has 4 nitrogen and oxygen atoms in total. The predicted molar refractivity (Wildman–Crippen MR) is 94.9 cm³/mol. The number of carboxylic acids is 1. The fourth-order valence-corrected chi connectivity index (χ4v) is 3.20. The molecule has 25 heavy (non-hydrogen) atoms. The van der Waals surface area contributed by atoms with E-state index in [-0.39, 0.29) is 5.91 Å². The number of aliphatic carboxylic acids is 1. The lowest BCUT2D eigenvalue weighted by Crippen LogP contribution is -2.48. The molecular formula is C21H19NO3. The molecule has 0 unspecified atom stereocenters. The third-order valence-corrected chi connectivity index (χ3v) is 4.73. The molecule has 4 heteroatoms. The highest BCUT2D eigenvalue weighted by molar-refractivity contribution is 5.94. The number of hydrogen-bond donors (Lipinski definition) is 1. The molecule has 1 fully saturated rings. The van der Waals surface area contributed by atoms with Crippen LogP contribution >= 0.6 is 0 Å². The van der Waals surface area contributed by atoms with Gasteiger partial charge in [0.2, 0.25) is 0 Å². The lowest BCUT2D eigenvalue weighted by atomic mass is 9.73. The summed E-state index contributed by atoms with van der Waals surface area (Å²) in [6.45, 7) is 0.785. The fraction of sp³-hybridized carbons (Fsp3) is 0.238. The zero-order valence-electron chi connectivity index (χ0n) is 13.8. The first-order valence-corrected chi connectivity index (χ1v) is 8.27. The minimum atomic E-state index is -0.926. The van der Waals surface area contributed by atoms with Gasteiger partial charge in [0.25, 0.3) is 5.91 Å². The highest BCUT2D eigenvalue weighted by Crippen LogP contribution is 2.35. The molecule has 1 heterocycles. The van der Waals surface area contributed by atoms with Crippen molar-refractivity contribution < 1.29 is 14.7 Å². The predicted octanol–water partition coefficient (Wildman–Crippen LogP) is 2.68. The molecule has 1 saturated heterocycles. The van der Waals surface area contributed by atoms with Gasteiger partial charge in [0.05, 0.1) is 5.41 Å². The second kappa shape index (κ2) is 7.23. The van der Waals surface area contributed by atoms with Crippen LogP contribution in [0, 0.1) is 11.8 Å². The van der Waals surface area contributed by atoms with Gasteiger partial charge in [0.1, 0.15) is 0 Å². The lowest BCUT2D eigenvalue weighted by molar-refractivity contribution is -0.147. The number of likely N-dealkylation sites (tertiary alicyclic amines) is 1. The molecule has 0 atom stereocenters. The van der Waals surface area contributed by atoms with Crippen LogP contribution in [-0.4, -0.2) is 35.0 Å². The average Bonchev–Trinajstić information content (AvgIpc) is 2.67. The van der Waals surface area contributed by atoms with E-state index in [2.05, 4.69) is 11.8 Å². The Morgan fingerprint density at radius 2 is 1.48 bits per heavy atom. The van der Waals surface area contributed by atoms with Crippen molar-refractivity contribution in [2.45, 2.75) is 18.3 Å². The van der Waals surface area contributed by atoms with Crippen molar-refractivity contribution in [2.75, 3.05) is 13.1 Å². The first-order valence-electron chi connectivity index (χ1n) is 8.27. The SMILES string of the molecule is O=C(C#Cc1ccccc1)N1CCC(C(=O)O)(c2ccccc2)CC1. The van der Waals surface area contributed by atoms with Gasteiger partial charge >= 0.3 is 5.97 Å². The number of benzene rings is 2. The summed E-state index contributed by atoms with van der Waals surface area (Å²) < 4.78 is 0. The van der Waals surface area contributed by atoms with Gasteiger partial charge in [-0.1, -0.05) is 54.5 Å². The molecular weight excluding hydrogens is 314 g/mol. The van der Waals surface area contributed by atoms with Crippen molar-refractivity contribution in [3.8, 4) is 11.8 Å². The Bertz CT molecular complexity index is 810. The molecule has 0 aromatic heterocycles. The Morgan fingerprint density at radius 1 is 0.920 bits per heavy atom. The molecule has 0 saturated carbocycles. The molecule has 1 aliphatic heterocycles. The van der Waals surface area contributed by atoms with Gasteiger partial charge in [-0.05, 0) is 30.5 Å². The van der Waals surface area contributed by atoms with Crippen LogP contribution in [0.4, 0.5) is 0 Å². The van der Waals surface area contributed by atoms with Crippen LogP contribution in [0.25, 0.3) is 0 Å². The number of rotatable bonds is 2. The highest BCUT2D eigenvalue weighted by atomic mass is 16.4. The Hall–Kier alpha value is -3.06. The molecule has 2 aromatic carbocycles. The Labute approximate surface area is 147 Å². The van der Waals surface area contributed by atoms with Crippen LogP contribution < -0.4 is 0 Å². The zero-order chi connectivity index (χ0) is 17.7. The van der Waals surface area contributed by atoms with Crippen LogP contribution in [0.1, 0.15) is 24.0 Å². The zero-order valence-corrected chi connectivity index (χ0v) is 13.8. The normalized spacial score (nSPS) is 15.8. The van der Waals surface area contributed by atoms with E-state index in [9.17, 15) is 14.7 Å². The van der Waals surface area contributed by atoms with Crippen molar-refractivity contribution in [3.63, 3.8) is 0 Å². The fourth-order valence-electron chi connectivity index (χ4n) is 3.20. The number of carbonyl (C=O) groups is 2. The van der Waals surface area contributed by atoms with E-state index in [4.69, 9.17) is 0 Å². The van der Waals surface area contributed by atoms with Crippen molar-refractivity contribution in [3.05, 3.63) is 71.8 Å². The lowest BCUT2D eigenvalue weighted by Gasteiger charge is -2.38. The Kier molecular flexibility index (Phi) is 4.85.